The summed E-state index contributed by atoms with van der Waals surface area (Å²) in [6.45, 7) is 14.4. The number of hydrogen-bond donors (Lipinski definition) is 0. The van der Waals surface area contributed by atoms with E-state index in [1.807, 2.05) is 17.8 Å². The summed E-state index contributed by atoms with van der Waals surface area (Å²) in [5.41, 5.74) is 0. The van der Waals surface area contributed by atoms with Gasteiger partial charge >= 0.3 is 0 Å². The van der Waals surface area contributed by atoms with Gasteiger partial charge in [-0.25, -0.2) is 0 Å². The van der Waals surface area contributed by atoms with Gasteiger partial charge in [0.2, 0.25) is 0 Å². The first-order valence-electron chi connectivity index (χ1n) is 6.53. The summed E-state index contributed by atoms with van der Waals surface area (Å²) in [7, 11) is 0. The molecule has 18 heavy (non-hydrogen) atoms. The Bertz CT molecular complexity index is 278. The van der Waals surface area contributed by atoms with E-state index in [1.165, 1.54) is 0 Å². The molecule has 0 spiro atoms. The number of allylic oxidation sites excluding steroid dienone is 1. The van der Waals surface area contributed by atoms with Crippen LogP contribution in [-0.2, 0) is 4.79 Å². The number of carbonyl (C=O) groups is 1. The van der Waals surface area contributed by atoms with Gasteiger partial charge in [-0.05, 0) is 36.7 Å². The average Bonchev–Trinajstić information content (AvgIpc) is 2.69. The second-order valence-electron chi connectivity index (χ2n) is 5.48. The van der Waals surface area contributed by atoms with Gasteiger partial charge in [-0.1, -0.05) is 25.8 Å². The van der Waals surface area contributed by atoms with Crippen molar-refractivity contribution in [3.63, 3.8) is 0 Å². The minimum atomic E-state index is 0. The summed E-state index contributed by atoms with van der Waals surface area (Å²) in [5, 5.41) is 0.659. The molecule has 0 amide bonds. The van der Waals surface area contributed by atoms with E-state index in [2.05, 4.69) is 27.4 Å². The average molecular weight is 480 g/mol. The molecule has 0 aliphatic heterocycles. The molecule has 0 aromatic carbocycles. The standard InChI is InChI=1S/C15H25OS.Ac/c1-6-13-7-14(12(5)16)8-15(13)11(4)9-17-10(2)3;/h6,10-11,13-15H,1,4,7-9H2,2-3,5H3;/q-1;. The first kappa shape index (κ1) is 19.2. The van der Waals surface area contributed by atoms with Crippen molar-refractivity contribution in [2.75, 3.05) is 5.75 Å². The number of thioether (sulfide) groups is 1. The summed E-state index contributed by atoms with van der Waals surface area (Å²) in [6.07, 6.45) is 4.03. The van der Waals surface area contributed by atoms with Crippen molar-refractivity contribution in [2.45, 2.75) is 38.9 Å². The molecule has 1 nitrogen and oxygen atoms in total. The number of Topliss-reactive ketones (excluding diaryl/α,β-unsaturated/α-hetero) is 1. The molecule has 1 fully saturated rings. The van der Waals surface area contributed by atoms with Gasteiger partial charge in [0.1, 0.15) is 5.78 Å². The Balaban J connectivity index is 0.00000289. The summed E-state index contributed by atoms with van der Waals surface area (Å²) in [5.74, 6) is 3.15. The number of carbonyl (C=O) groups excluding carboxylic acids is 1. The van der Waals surface area contributed by atoms with E-state index < -0.39 is 0 Å². The van der Waals surface area contributed by atoms with E-state index >= 15 is 0 Å². The smallest absolute Gasteiger partial charge is 0.132 e. The van der Waals surface area contributed by atoms with Gasteiger partial charge in [0, 0.05) is 50.0 Å². The third-order valence-corrected chi connectivity index (χ3v) is 5.08. The summed E-state index contributed by atoms with van der Waals surface area (Å²) >= 11 is 1.97. The van der Waals surface area contributed by atoms with Gasteiger partial charge in [-0.3, -0.25) is 4.79 Å². The van der Waals surface area contributed by atoms with Gasteiger partial charge in [0.15, 0.2) is 0 Å². The van der Waals surface area contributed by atoms with Crippen LogP contribution in [0, 0.1) is 74.7 Å². The van der Waals surface area contributed by atoms with Crippen molar-refractivity contribution in [1.29, 1.82) is 0 Å². The van der Waals surface area contributed by atoms with Gasteiger partial charge in [-0.2, -0.15) is 17.7 Å². The number of rotatable bonds is 6. The Kier molecular flexibility index (Phi) is 9.81. The van der Waals surface area contributed by atoms with Crippen LogP contribution in [0.1, 0.15) is 33.6 Å². The molecule has 0 saturated heterocycles. The maximum absolute atomic E-state index is 11.5. The van der Waals surface area contributed by atoms with E-state index in [9.17, 15) is 4.79 Å². The zero-order valence-electron chi connectivity index (χ0n) is 11.9. The Morgan fingerprint density at radius 2 is 2.11 bits per heavy atom. The Morgan fingerprint density at radius 1 is 1.50 bits per heavy atom. The van der Waals surface area contributed by atoms with Crippen LogP contribution in [0.5, 0.6) is 0 Å². The Labute approximate surface area is 152 Å². The molecule has 1 aliphatic rings. The van der Waals surface area contributed by atoms with Crippen molar-refractivity contribution in [3.8, 4) is 0 Å². The van der Waals surface area contributed by atoms with Crippen molar-refractivity contribution >= 4 is 17.5 Å². The van der Waals surface area contributed by atoms with E-state index in [1.54, 1.807) is 6.92 Å². The number of ketones is 1. The molecule has 0 aromatic heterocycles. The number of hydrogen-bond acceptors (Lipinski definition) is 2. The van der Waals surface area contributed by atoms with Gasteiger partial charge in [-0.15, -0.1) is 6.58 Å². The molecule has 0 aromatic rings. The monoisotopic (exact) mass is 480 g/mol. The van der Waals surface area contributed by atoms with Crippen molar-refractivity contribution < 1.29 is 48.9 Å². The molecule has 1 saturated carbocycles. The molecule has 101 valence electrons. The SMILES string of the molecule is C=CC1CC(C(C)=O)CC1C([CH2-])CSC(C)C.[Ac]. The van der Waals surface area contributed by atoms with Crippen LogP contribution in [-0.4, -0.2) is 16.8 Å². The zero-order chi connectivity index (χ0) is 13.0. The summed E-state index contributed by atoms with van der Waals surface area (Å²) in [6, 6.07) is 0. The fourth-order valence-electron chi connectivity index (χ4n) is 2.69. The predicted molar refractivity (Wildman–Crippen MR) is 77.0 cm³/mol. The quantitative estimate of drug-likeness (QED) is 0.423. The van der Waals surface area contributed by atoms with E-state index in [0.717, 1.165) is 18.6 Å². The van der Waals surface area contributed by atoms with Crippen LogP contribution >= 0.6 is 11.8 Å². The molecule has 4 atom stereocenters. The molecule has 1 radical (unpaired) electrons. The van der Waals surface area contributed by atoms with Crippen LogP contribution in [0.4, 0.5) is 0 Å². The van der Waals surface area contributed by atoms with Crippen molar-refractivity contribution in [2.24, 2.45) is 23.7 Å². The van der Waals surface area contributed by atoms with Crippen LogP contribution in [0.15, 0.2) is 12.7 Å². The summed E-state index contributed by atoms with van der Waals surface area (Å²) in [4.78, 5) is 11.5. The largest absolute Gasteiger partial charge is 0.339 e. The molecular weight excluding hydrogens is 455 g/mol. The minimum absolute atomic E-state index is 0. The molecule has 0 heterocycles. The van der Waals surface area contributed by atoms with E-state index in [-0.39, 0.29) is 50.0 Å². The summed E-state index contributed by atoms with van der Waals surface area (Å²) < 4.78 is 0. The van der Waals surface area contributed by atoms with Crippen molar-refractivity contribution in [1.82, 2.24) is 0 Å². The zero-order valence-corrected chi connectivity index (χ0v) is 17.5. The maximum Gasteiger partial charge on any atom is 0.132 e. The normalized spacial score (nSPS) is 28.8. The fraction of sp³-hybridized carbons (Fsp3) is 0.733. The second-order valence-corrected chi connectivity index (χ2v) is 7.09. The van der Waals surface area contributed by atoms with Crippen LogP contribution < -0.4 is 0 Å². The van der Waals surface area contributed by atoms with Gasteiger partial charge < -0.3 is 6.92 Å². The van der Waals surface area contributed by atoms with E-state index in [0.29, 0.717) is 28.8 Å². The minimum Gasteiger partial charge on any atom is -0.339 e. The van der Waals surface area contributed by atoms with Crippen LogP contribution in [0.2, 0.25) is 0 Å². The molecule has 0 bridgehead atoms. The van der Waals surface area contributed by atoms with Crippen molar-refractivity contribution in [3.05, 3.63) is 19.6 Å². The first-order valence-corrected chi connectivity index (χ1v) is 7.58. The van der Waals surface area contributed by atoms with E-state index in [4.69, 9.17) is 0 Å². The van der Waals surface area contributed by atoms with Gasteiger partial charge in [0.25, 0.3) is 0 Å². The Morgan fingerprint density at radius 3 is 2.56 bits per heavy atom. The molecule has 1 rings (SSSR count). The maximum atomic E-state index is 11.5. The third-order valence-electron chi connectivity index (χ3n) is 3.79. The first-order chi connectivity index (χ1) is 7.95. The molecule has 1 aliphatic carbocycles. The molecule has 0 N–H and O–H groups in total. The van der Waals surface area contributed by atoms with Crippen LogP contribution in [0.25, 0.3) is 0 Å². The predicted octanol–water partition coefficient (Wildman–Crippen LogP) is 4.00. The molecule has 3 heteroatoms. The second kappa shape index (κ2) is 9.20. The topological polar surface area (TPSA) is 17.1 Å². The van der Waals surface area contributed by atoms with Gasteiger partial charge in [0.05, 0.1) is 0 Å². The fourth-order valence-corrected chi connectivity index (χ4v) is 3.57. The van der Waals surface area contributed by atoms with Crippen LogP contribution in [0.3, 0.4) is 0 Å². The molecule has 4 unspecified atom stereocenters. The third kappa shape index (κ3) is 5.68. The molecular formula is C15H25AcOS-. The Hall–Kier alpha value is 1.20.